The number of fused-ring (bicyclic) bond motifs is 1. The first-order valence-electron chi connectivity index (χ1n) is 7.68. The third kappa shape index (κ3) is 2.77. The van der Waals surface area contributed by atoms with E-state index in [1.165, 1.54) is 34.5 Å². The number of hydrogen-bond donors (Lipinski definition) is 1. The van der Waals surface area contributed by atoms with Gasteiger partial charge >= 0.3 is 0 Å². The fourth-order valence-electron chi connectivity index (χ4n) is 2.68. The second-order valence-corrected chi connectivity index (χ2v) is 5.38. The monoisotopic (exact) mass is 358 g/mol. The Morgan fingerprint density at radius 2 is 1.50 bits per heavy atom. The topological polar surface area (TPSA) is 87.4 Å². The SMILES string of the molecule is COc1ccc2oc(-c3cc(OC)c(OC)cc3OC)c(O)c(=O)c2c1. The molecule has 0 fully saturated rings. The van der Waals surface area contributed by atoms with Crippen LogP contribution in [0.25, 0.3) is 22.3 Å². The first-order chi connectivity index (χ1) is 12.5. The molecule has 0 atom stereocenters. The zero-order valence-electron chi connectivity index (χ0n) is 14.8. The molecule has 1 N–H and O–H groups in total. The molecule has 1 heterocycles. The summed E-state index contributed by atoms with van der Waals surface area (Å²) in [5.41, 5.74) is 0.0925. The maximum absolute atomic E-state index is 12.6. The van der Waals surface area contributed by atoms with Crippen molar-refractivity contribution >= 4 is 11.0 Å². The molecule has 1 aromatic heterocycles. The summed E-state index contributed by atoms with van der Waals surface area (Å²) in [5, 5.41) is 10.7. The molecule has 0 spiro atoms. The number of methoxy groups -OCH3 is 4. The minimum absolute atomic E-state index is 0.0227. The molecular formula is C19H18O7. The summed E-state index contributed by atoms with van der Waals surface area (Å²) in [6.07, 6.45) is 0. The number of benzene rings is 2. The molecule has 7 heteroatoms. The van der Waals surface area contributed by atoms with Crippen LogP contribution in [0.5, 0.6) is 28.7 Å². The first kappa shape index (κ1) is 17.5. The van der Waals surface area contributed by atoms with E-state index in [9.17, 15) is 9.90 Å². The minimum Gasteiger partial charge on any atom is -0.502 e. The lowest BCUT2D eigenvalue weighted by Crippen LogP contribution is -2.04. The zero-order valence-corrected chi connectivity index (χ0v) is 14.8. The molecular weight excluding hydrogens is 340 g/mol. The molecule has 0 saturated heterocycles. The lowest BCUT2D eigenvalue weighted by molar-refractivity contribution is 0.349. The summed E-state index contributed by atoms with van der Waals surface area (Å²) in [6, 6.07) is 7.94. The van der Waals surface area contributed by atoms with Crippen molar-refractivity contribution in [3.8, 4) is 40.1 Å². The van der Waals surface area contributed by atoms with E-state index in [0.717, 1.165) is 0 Å². The van der Waals surface area contributed by atoms with E-state index in [-0.39, 0.29) is 11.1 Å². The molecule has 0 aliphatic rings. The van der Waals surface area contributed by atoms with Gasteiger partial charge in [0, 0.05) is 6.07 Å². The van der Waals surface area contributed by atoms with Gasteiger partial charge in [-0.3, -0.25) is 4.79 Å². The number of rotatable bonds is 5. The molecule has 0 radical (unpaired) electrons. The Bertz CT molecular complexity index is 1020. The van der Waals surface area contributed by atoms with Gasteiger partial charge in [0.25, 0.3) is 0 Å². The van der Waals surface area contributed by atoms with E-state index in [2.05, 4.69) is 0 Å². The average Bonchev–Trinajstić information content (AvgIpc) is 2.69. The van der Waals surface area contributed by atoms with Gasteiger partial charge in [-0.1, -0.05) is 0 Å². The third-order valence-corrected chi connectivity index (χ3v) is 4.02. The van der Waals surface area contributed by atoms with E-state index in [0.29, 0.717) is 34.1 Å². The van der Waals surface area contributed by atoms with Gasteiger partial charge in [-0.15, -0.1) is 0 Å². The predicted molar refractivity (Wildman–Crippen MR) is 95.8 cm³/mol. The molecule has 0 unspecified atom stereocenters. The lowest BCUT2D eigenvalue weighted by Gasteiger charge is -2.14. The van der Waals surface area contributed by atoms with E-state index in [1.807, 2.05) is 0 Å². The van der Waals surface area contributed by atoms with Crippen LogP contribution in [0.2, 0.25) is 0 Å². The van der Waals surface area contributed by atoms with Crippen LogP contribution in [0, 0.1) is 0 Å². The van der Waals surface area contributed by atoms with Crippen molar-refractivity contribution in [1.82, 2.24) is 0 Å². The highest BCUT2D eigenvalue weighted by atomic mass is 16.5. The third-order valence-electron chi connectivity index (χ3n) is 4.02. The quantitative estimate of drug-likeness (QED) is 0.749. The Morgan fingerprint density at radius 1 is 0.846 bits per heavy atom. The van der Waals surface area contributed by atoms with Crippen LogP contribution in [-0.4, -0.2) is 33.5 Å². The van der Waals surface area contributed by atoms with Crippen LogP contribution in [0.4, 0.5) is 0 Å². The maximum atomic E-state index is 12.6. The molecule has 2 aromatic carbocycles. The molecule has 0 bridgehead atoms. The zero-order chi connectivity index (χ0) is 18.8. The van der Waals surface area contributed by atoms with Gasteiger partial charge in [-0.25, -0.2) is 0 Å². The molecule has 0 aliphatic carbocycles. The highest BCUT2D eigenvalue weighted by molar-refractivity contribution is 5.84. The van der Waals surface area contributed by atoms with E-state index in [4.69, 9.17) is 23.4 Å². The second kappa shape index (κ2) is 6.87. The highest BCUT2D eigenvalue weighted by Crippen LogP contribution is 2.43. The largest absolute Gasteiger partial charge is 0.502 e. The van der Waals surface area contributed by atoms with Crippen LogP contribution in [-0.2, 0) is 0 Å². The van der Waals surface area contributed by atoms with Crippen molar-refractivity contribution < 1.29 is 28.5 Å². The Labute approximate surface area is 149 Å². The Hall–Kier alpha value is -3.35. The predicted octanol–water partition coefficient (Wildman–Crippen LogP) is 3.20. The fourth-order valence-corrected chi connectivity index (χ4v) is 2.68. The van der Waals surface area contributed by atoms with Crippen molar-refractivity contribution in [1.29, 1.82) is 0 Å². The smallest absolute Gasteiger partial charge is 0.235 e. The molecule has 3 aromatic rings. The molecule has 0 saturated carbocycles. The molecule has 0 amide bonds. The summed E-state index contributed by atoms with van der Waals surface area (Å²) in [6.45, 7) is 0. The molecule has 0 aliphatic heterocycles. The first-order valence-corrected chi connectivity index (χ1v) is 7.68. The van der Waals surface area contributed by atoms with Crippen LogP contribution < -0.4 is 24.4 Å². The standard InChI is InChI=1S/C19H18O7/c1-22-10-5-6-13-11(7-10)17(20)18(21)19(26-13)12-8-15(24-3)16(25-4)9-14(12)23-2/h5-9,21H,1-4H3. The summed E-state index contributed by atoms with van der Waals surface area (Å²) in [7, 11) is 5.94. The van der Waals surface area contributed by atoms with Gasteiger partial charge in [0.1, 0.15) is 17.1 Å². The second-order valence-electron chi connectivity index (χ2n) is 5.38. The van der Waals surface area contributed by atoms with Crippen molar-refractivity contribution in [2.75, 3.05) is 28.4 Å². The lowest BCUT2D eigenvalue weighted by atomic mass is 10.1. The number of ether oxygens (including phenoxy) is 4. The van der Waals surface area contributed by atoms with Gasteiger partial charge in [-0.2, -0.15) is 0 Å². The number of hydrogen-bond acceptors (Lipinski definition) is 7. The average molecular weight is 358 g/mol. The summed E-state index contributed by atoms with van der Waals surface area (Å²) >= 11 is 0. The van der Waals surface area contributed by atoms with Crippen LogP contribution in [0.15, 0.2) is 39.5 Å². The normalized spacial score (nSPS) is 10.6. The maximum Gasteiger partial charge on any atom is 0.235 e. The van der Waals surface area contributed by atoms with Crippen LogP contribution >= 0.6 is 0 Å². The Balaban J connectivity index is 2.32. The van der Waals surface area contributed by atoms with E-state index < -0.39 is 11.2 Å². The number of aromatic hydroxyl groups is 1. The fraction of sp³-hybridized carbons (Fsp3) is 0.211. The van der Waals surface area contributed by atoms with Gasteiger partial charge in [0.05, 0.1) is 39.4 Å². The van der Waals surface area contributed by atoms with Gasteiger partial charge in [0.15, 0.2) is 17.3 Å². The van der Waals surface area contributed by atoms with E-state index in [1.54, 1.807) is 24.3 Å². The van der Waals surface area contributed by atoms with Gasteiger partial charge < -0.3 is 28.5 Å². The molecule has 136 valence electrons. The van der Waals surface area contributed by atoms with Crippen molar-refractivity contribution in [3.63, 3.8) is 0 Å². The Kier molecular flexibility index (Phi) is 4.62. The summed E-state index contributed by atoms with van der Waals surface area (Å²) < 4.78 is 26.8. The Morgan fingerprint density at radius 3 is 2.12 bits per heavy atom. The minimum atomic E-state index is -0.572. The summed E-state index contributed by atoms with van der Waals surface area (Å²) in [4.78, 5) is 12.6. The summed E-state index contributed by atoms with van der Waals surface area (Å²) in [5.74, 6) is 1.14. The molecule has 26 heavy (non-hydrogen) atoms. The van der Waals surface area contributed by atoms with Crippen LogP contribution in [0.3, 0.4) is 0 Å². The van der Waals surface area contributed by atoms with Crippen molar-refractivity contribution in [2.45, 2.75) is 0 Å². The van der Waals surface area contributed by atoms with Gasteiger partial charge in [-0.05, 0) is 24.3 Å². The van der Waals surface area contributed by atoms with Crippen molar-refractivity contribution in [3.05, 3.63) is 40.6 Å². The van der Waals surface area contributed by atoms with Gasteiger partial charge in [0.2, 0.25) is 11.2 Å². The molecule has 7 nitrogen and oxygen atoms in total. The van der Waals surface area contributed by atoms with Crippen LogP contribution in [0.1, 0.15) is 0 Å². The molecule has 3 rings (SSSR count). The van der Waals surface area contributed by atoms with Crippen molar-refractivity contribution in [2.24, 2.45) is 0 Å². The highest BCUT2D eigenvalue weighted by Gasteiger charge is 2.21. The van der Waals surface area contributed by atoms with E-state index >= 15 is 0 Å².